The molecule has 0 spiro atoms. The molecule has 1 fully saturated rings. The Kier molecular flexibility index (Phi) is 2.92. The van der Waals surface area contributed by atoms with Crippen molar-refractivity contribution < 1.29 is 4.79 Å². The molecule has 0 heterocycles. The van der Waals surface area contributed by atoms with Gasteiger partial charge in [-0.05, 0) is 24.7 Å². The maximum Gasteiger partial charge on any atom is 0.207 e. The van der Waals surface area contributed by atoms with Gasteiger partial charge in [0, 0.05) is 6.04 Å². The van der Waals surface area contributed by atoms with Gasteiger partial charge in [-0.25, -0.2) is 0 Å². The first kappa shape index (κ1) is 8.57. The maximum atomic E-state index is 10.3. The Morgan fingerprint density at radius 3 is 2.27 bits per heavy atom. The van der Waals surface area contributed by atoms with Crippen LogP contribution in [0.3, 0.4) is 0 Å². The molecule has 2 nitrogen and oxygen atoms in total. The van der Waals surface area contributed by atoms with Gasteiger partial charge in [-0.15, -0.1) is 0 Å². The molecule has 0 bridgehead atoms. The highest BCUT2D eigenvalue weighted by molar-refractivity contribution is 5.46. The van der Waals surface area contributed by atoms with E-state index in [9.17, 15) is 4.79 Å². The van der Waals surface area contributed by atoms with Gasteiger partial charge in [-0.1, -0.05) is 20.3 Å². The van der Waals surface area contributed by atoms with E-state index in [1.807, 2.05) is 0 Å². The van der Waals surface area contributed by atoms with E-state index in [0.717, 1.165) is 6.41 Å². The predicted octanol–water partition coefficient (Wildman–Crippen LogP) is 1.56. The minimum atomic E-state index is 0.418. The third-order valence-corrected chi connectivity index (χ3v) is 2.81. The first-order valence-corrected chi connectivity index (χ1v) is 4.45. The molecule has 0 aromatic rings. The molecule has 1 saturated carbocycles. The molecule has 0 saturated heterocycles. The Morgan fingerprint density at radius 2 is 1.82 bits per heavy atom. The van der Waals surface area contributed by atoms with Crippen molar-refractivity contribution in [3.63, 3.8) is 0 Å². The molecule has 1 aliphatic carbocycles. The molecule has 0 aliphatic heterocycles. The summed E-state index contributed by atoms with van der Waals surface area (Å²) in [6, 6.07) is 0.418. The quantitative estimate of drug-likeness (QED) is 0.602. The summed E-state index contributed by atoms with van der Waals surface area (Å²) < 4.78 is 0. The van der Waals surface area contributed by atoms with Crippen LogP contribution in [-0.2, 0) is 4.79 Å². The number of hydrogen-bond acceptors (Lipinski definition) is 1. The zero-order valence-corrected chi connectivity index (χ0v) is 7.34. The monoisotopic (exact) mass is 155 g/mol. The SMILES string of the molecule is CC1CCCC(C)C1NC=O. The molecule has 2 atom stereocenters. The summed E-state index contributed by atoms with van der Waals surface area (Å²) in [4.78, 5) is 10.3. The number of carbonyl (C=O) groups excluding carboxylic acids is 1. The third-order valence-electron chi connectivity index (χ3n) is 2.81. The Morgan fingerprint density at radius 1 is 1.27 bits per heavy atom. The van der Waals surface area contributed by atoms with Gasteiger partial charge < -0.3 is 5.32 Å². The first-order chi connectivity index (χ1) is 5.25. The lowest BCUT2D eigenvalue weighted by molar-refractivity contribution is -0.111. The van der Waals surface area contributed by atoms with Crippen LogP contribution in [0.25, 0.3) is 0 Å². The van der Waals surface area contributed by atoms with Crippen LogP contribution in [0.1, 0.15) is 33.1 Å². The van der Waals surface area contributed by atoms with Crippen LogP contribution < -0.4 is 5.32 Å². The summed E-state index contributed by atoms with van der Waals surface area (Å²) in [6.07, 6.45) is 4.67. The van der Waals surface area contributed by atoms with Gasteiger partial charge >= 0.3 is 0 Å². The van der Waals surface area contributed by atoms with Gasteiger partial charge in [-0.2, -0.15) is 0 Å². The highest BCUT2D eigenvalue weighted by Crippen LogP contribution is 2.28. The average molecular weight is 155 g/mol. The van der Waals surface area contributed by atoms with Crippen LogP contribution in [0.5, 0.6) is 0 Å². The minimum absolute atomic E-state index is 0.418. The molecule has 1 aliphatic rings. The summed E-state index contributed by atoms with van der Waals surface area (Å²) >= 11 is 0. The van der Waals surface area contributed by atoms with Crippen molar-refractivity contribution >= 4 is 6.41 Å². The molecule has 11 heavy (non-hydrogen) atoms. The van der Waals surface area contributed by atoms with E-state index in [0.29, 0.717) is 17.9 Å². The van der Waals surface area contributed by atoms with Crippen molar-refractivity contribution in [3.05, 3.63) is 0 Å². The number of hydrogen-bond donors (Lipinski definition) is 1. The van der Waals surface area contributed by atoms with Crippen molar-refractivity contribution in [1.82, 2.24) is 5.32 Å². The molecule has 1 N–H and O–H groups in total. The largest absolute Gasteiger partial charge is 0.355 e. The Labute approximate surface area is 68.4 Å². The summed E-state index contributed by atoms with van der Waals surface area (Å²) in [5.74, 6) is 1.31. The summed E-state index contributed by atoms with van der Waals surface area (Å²) in [7, 11) is 0. The Bertz CT molecular complexity index is 126. The lowest BCUT2D eigenvalue weighted by Gasteiger charge is -2.33. The lowest BCUT2D eigenvalue weighted by atomic mass is 9.79. The van der Waals surface area contributed by atoms with Crippen molar-refractivity contribution in [2.45, 2.75) is 39.2 Å². The van der Waals surface area contributed by atoms with Crippen molar-refractivity contribution in [2.24, 2.45) is 11.8 Å². The third kappa shape index (κ3) is 1.95. The molecular weight excluding hydrogens is 138 g/mol. The van der Waals surface area contributed by atoms with Gasteiger partial charge in [0.25, 0.3) is 0 Å². The molecule has 1 rings (SSSR count). The van der Waals surface area contributed by atoms with E-state index in [-0.39, 0.29) is 0 Å². The normalized spacial score (nSPS) is 38.2. The molecule has 0 radical (unpaired) electrons. The van der Waals surface area contributed by atoms with Gasteiger partial charge in [0.2, 0.25) is 6.41 Å². The second kappa shape index (κ2) is 3.74. The van der Waals surface area contributed by atoms with Crippen molar-refractivity contribution in [1.29, 1.82) is 0 Å². The first-order valence-electron chi connectivity index (χ1n) is 4.45. The topological polar surface area (TPSA) is 29.1 Å². The minimum Gasteiger partial charge on any atom is -0.355 e. The van der Waals surface area contributed by atoms with Crippen LogP contribution >= 0.6 is 0 Å². The smallest absolute Gasteiger partial charge is 0.207 e. The predicted molar refractivity (Wildman–Crippen MR) is 45.2 cm³/mol. The second-order valence-electron chi connectivity index (χ2n) is 3.70. The summed E-state index contributed by atoms with van der Waals surface area (Å²) in [6.45, 7) is 4.44. The van der Waals surface area contributed by atoms with E-state index in [1.54, 1.807) is 0 Å². The van der Waals surface area contributed by atoms with E-state index >= 15 is 0 Å². The van der Waals surface area contributed by atoms with Crippen molar-refractivity contribution in [3.8, 4) is 0 Å². The molecule has 2 heteroatoms. The molecule has 64 valence electrons. The highest BCUT2D eigenvalue weighted by Gasteiger charge is 2.26. The van der Waals surface area contributed by atoms with Gasteiger partial charge in [0.15, 0.2) is 0 Å². The fourth-order valence-electron chi connectivity index (χ4n) is 2.09. The fourth-order valence-corrected chi connectivity index (χ4v) is 2.09. The van der Waals surface area contributed by atoms with Crippen LogP contribution in [0.15, 0.2) is 0 Å². The van der Waals surface area contributed by atoms with Crippen LogP contribution in [-0.4, -0.2) is 12.5 Å². The number of carbonyl (C=O) groups is 1. The standard InChI is InChI=1S/C9H17NO/c1-7-4-3-5-8(2)9(7)10-6-11/h6-9H,3-5H2,1-2H3,(H,10,11). The van der Waals surface area contributed by atoms with Crippen LogP contribution in [0, 0.1) is 11.8 Å². The number of amides is 1. The van der Waals surface area contributed by atoms with E-state index < -0.39 is 0 Å². The van der Waals surface area contributed by atoms with Crippen LogP contribution in [0.4, 0.5) is 0 Å². The summed E-state index contributed by atoms with van der Waals surface area (Å²) in [5, 5.41) is 2.90. The van der Waals surface area contributed by atoms with E-state index in [2.05, 4.69) is 19.2 Å². The van der Waals surface area contributed by atoms with E-state index in [1.165, 1.54) is 19.3 Å². The van der Waals surface area contributed by atoms with Crippen LogP contribution in [0.2, 0.25) is 0 Å². The fraction of sp³-hybridized carbons (Fsp3) is 0.889. The lowest BCUT2D eigenvalue weighted by Crippen LogP contribution is -2.41. The molecule has 1 amide bonds. The molecule has 2 unspecified atom stereocenters. The Hall–Kier alpha value is -0.530. The van der Waals surface area contributed by atoms with Gasteiger partial charge in [-0.3, -0.25) is 4.79 Å². The average Bonchev–Trinajstić information content (AvgIpc) is 1.97. The second-order valence-corrected chi connectivity index (χ2v) is 3.70. The zero-order chi connectivity index (χ0) is 8.27. The highest BCUT2D eigenvalue weighted by atomic mass is 16.1. The zero-order valence-electron chi connectivity index (χ0n) is 7.34. The molecule has 0 aromatic heterocycles. The number of rotatable bonds is 2. The summed E-state index contributed by atoms with van der Waals surface area (Å²) in [5.41, 5.74) is 0. The molecule has 0 aromatic carbocycles. The van der Waals surface area contributed by atoms with Gasteiger partial charge in [0.1, 0.15) is 0 Å². The van der Waals surface area contributed by atoms with E-state index in [4.69, 9.17) is 0 Å². The Balaban J connectivity index is 2.47. The number of nitrogens with one attached hydrogen (secondary N) is 1. The van der Waals surface area contributed by atoms with Crippen molar-refractivity contribution in [2.75, 3.05) is 0 Å². The van der Waals surface area contributed by atoms with Gasteiger partial charge in [0.05, 0.1) is 0 Å². The maximum absolute atomic E-state index is 10.3. The molecular formula is C9H17NO.